The van der Waals surface area contributed by atoms with Crippen molar-refractivity contribution >= 4 is 5.71 Å². The normalized spacial score (nSPS) is 24.1. The van der Waals surface area contributed by atoms with Gasteiger partial charge in [-0.05, 0) is 12.8 Å². The van der Waals surface area contributed by atoms with Crippen LogP contribution in [-0.2, 0) is 4.84 Å². The zero-order valence-electron chi connectivity index (χ0n) is 8.80. The van der Waals surface area contributed by atoms with E-state index in [1.54, 1.807) is 0 Å². The third kappa shape index (κ3) is 2.98. The fourth-order valence-electron chi connectivity index (χ4n) is 2.21. The van der Waals surface area contributed by atoms with Crippen LogP contribution in [0.15, 0.2) is 5.16 Å². The first-order valence-corrected chi connectivity index (χ1v) is 5.86. The fourth-order valence-corrected chi connectivity index (χ4v) is 2.21. The van der Waals surface area contributed by atoms with Crippen LogP contribution in [0.2, 0.25) is 0 Å². The summed E-state index contributed by atoms with van der Waals surface area (Å²) in [6.07, 6.45) is 9.31. The first-order valence-electron chi connectivity index (χ1n) is 5.86. The molecule has 1 saturated carbocycles. The summed E-state index contributed by atoms with van der Waals surface area (Å²) in [5.41, 5.74) is 1.19. The van der Waals surface area contributed by atoms with Crippen molar-refractivity contribution in [3.63, 3.8) is 0 Å². The molecule has 0 saturated heterocycles. The molecule has 80 valence electrons. The summed E-state index contributed by atoms with van der Waals surface area (Å²) in [6, 6.07) is 0.723. The molecular weight excluding hydrogens is 176 g/mol. The zero-order chi connectivity index (χ0) is 9.64. The first-order chi connectivity index (χ1) is 6.95. The van der Waals surface area contributed by atoms with Crippen LogP contribution in [0.1, 0.15) is 44.9 Å². The summed E-state index contributed by atoms with van der Waals surface area (Å²) < 4.78 is 0. The molecule has 2 rings (SSSR count). The van der Waals surface area contributed by atoms with Gasteiger partial charge in [0.05, 0.1) is 5.71 Å². The largest absolute Gasteiger partial charge is 0.395 e. The summed E-state index contributed by atoms with van der Waals surface area (Å²) in [4.78, 5) is 4.97. The molecule has 1 aliphatic heterocycles. The monoisotopic (exact) mass is 196 g/mol. The summed E-state index contributed by atoms with van der Waals surface area (Å²) in [7, 11) is 0. The van der Waals surface area contributed by atoms with Gasteiger partial charge in [0.25, 0.3) is 0 Å². The Morgan fingerprint density at radius 1 is 1.21 bits per heavy atom. The molecule has 1 aliphatic carbocycles. The Kier molecular flexibility index (Phi) is 3.80. The third-order valence-electron chi connectivity index (χ3n) is 3.13. The fraction of sp³-hybridized carbons (Fsp3) is 0.909. The molecule has 0 spiro atoms. The predicted octanol–water partition coefficient (Wildman–Crippen LogP) is 2.08. The predicted molar refractivity (Wildman–Crippen MR) is 57.5 cm³/mol. The summed E-state index contributed by atoms with van der Waals surface area (Å²) in [6.45, 7) is 1.71. The smallest absolute Gasteiger partial charge is 0.122 e. The minimum Gasteiger partial charge on any atom is -0.395 e. The highest BCUT2D eigenvalue weighted by Gasteiger charge is 2.13. The van der Waals surface area contributed by atoms with Gasteiger partial charge >= 0.3 is 0 Å². The highest BCUT2D eigenvalue weighted by atomic mass is 16.6. The third-order valence-corrected chi connectivity index (χ3v) is 3.13. The van der Waals surface area contributed by atoms with Crippen LogP contribution in [0.5, 0.6) is 0 Å². The topological polar surface area (TPSA) is 33.6 Å². The second kappa shape index (κ2) is 5.35. The summed E-state index contributed by atoms with van der Waals surface area (Å²) in [5.74, 6) is 0. The number of rotatable bonds is 3. The second-order valence-corrected chi connectivity index (χ2v) is 4.31. The van der Waals surface area contributed by atoms with E-state index in [-0.39, 0.29) is 0 Å². The van der Waals surface area contributed by atoms with Gasteiger partial charge in [0.1, 0.15) is 6.61 Å². The average Bonchev–Trinajstić information content (AvgIpc) is 2.58. The zero-order valence-corrected chi connectivity index (χ0v) is 8.80. The lowest BCUT2D eigenvalue weighted by atomic mass is 10.1. The van der Waals surface area contributed by atoms with E-state index in [1.807, 2.05) is 0 Å². The van der Waals surface area contributed by atoms with Gasteiger partial charge in [0.2, 0.25) is 0 Å². The summed E-state index contributed by atoms with van der Waals surface area (Å²) >= 11 is 0. The highest BCUT2D eigenvalue weighted by Crippen LogP contribution is 2.17. The van der Waals surface area contributed by atoms with Crippen molar-refractivity contribution in [3.8, 4) is 0 Å². The number of hydrogen-bond acceptors (Lipinski definition) is 3. The molecule has 0 aromatic rings. The molecule has 0 atom stereocenters. The Bertz CT molecular complexity index is 195. The van der Waals surface area contributed by atoms with Crippen molar-refractivity contribution in [1.29, 1.82) is 0 Å². The molecule has 1 N–H and O–H groups in total. The Morgan fingerprint density at radius 3 is 2.64 bits per heavy atom. The van der Waals surface area contributed by atoms with Gasteiger partial charge in [0, 0.05) is 19.0 Å². The molecule has 0 bridgehead atoms. The van der Waals surface area contributed by atoms with Crippen molar-refractivity contribution < 1.29 is 4.84 Å². The van der Waals surface area contributed by atoms with Crippen LogP contribution in [0.25, 0.3) is 0 Å². The van der Waals surface area contributed by atoms with Gasteiger partial charge in [-0.1, -0.05) is 30.8 Å². The lowest BCUT2D eigenvalue weighted by Gasteiger charge is -2.15. The van der Waals surface area contributed by atoms with E-state index in [4.69, 9.17) is 4.84 Å². The van der Waals surface area contributed by atoms with E-state index in [1.165, 1.54) is 44.2 Å². The number of oxime groups is 1. The van der Waals surface area contributed by atoms with Gasteiger partial charge < -0.3 is 10.2 Å². The molecule has 0 aromatic heterocycles. The molecular formula is C11H20N2O. The van der Waals surface area contributed by atoms with E-state index in [0.717, 1.165) is 25.6 Å². The van der Waals surface area contributed by atoms with Gasteiger partial charge in [-0.3, -0.25) is 0 Å². The van der Waals surface area contributed by atoms with Crippen LogP contribution >= 0.6 is 0 Å². The average molecular weight is 196 g/mol. The van der Waals surface area contributed by atoms with Crippen molar-refractivity contribution in [1.82, 2.24) is 5.32 Å². The molecule has 0 amide bonds. The molecule has 0 aromatic carbocycles. The van der Waals surface area contributed by atoms with E-state index in [2.05, 4.69) is 10.5 Å². The molecule has 1 heterocycles. The maximum absolute atomic E-state index is 4.97. The minimum atomic E-state index is 0.723. The Labute approximate surface area is 85.9 Å². The lowest BCUT2D eigenvalue weighted by molar-refractivity contribution is 0.173. The van der Waals surface area contributed by atoms with Crippen molar-refractivity contribution in [3.05, 3.63) is 0 Å². The first kappa shape index (κ1) is 9.97. The van der Waals surface area contributed by atoms with Gasteiger partial charge in [-0.25, -0.2) is 0 Å². The maximum atomic E-state index is 4.97. The van der Waals surface area contributed by atoms with E-state index in [9.17, 15) is 0 Å². The summed E-state index contributed by atoms with van der Waals surface area (Å²) in [5, 5.41) is 7.59. The standard InChI is InChI=1S/C11H20N2O/c1-2-4-6-10(5-3-1)12-9-11-7-8-14-13-11/h10,12H,1-9H2. The SMILES string of the molecule is C1CCCC(NCC2=NOCC2)CC1. The van der Waals surface area contributed by atoms with Crippen LogP contribution in [-0.4, -0.2) is 24.9 Å². The van der Waals surface area contributed by atoms with Crippen molar-refractivity contribution in [2.45, 2.75) is 51.0 Å². The maximum Gasteiger partial charge on any atom is 0.122 e. The van der Waals surface area contributed by atoms with Crippen LogP contribution in [0.4, 0.5) is 0 Å². The van der Waals surface area contributed by atoms with E-state index >= 15 is 0 Å². The van der Waals surface area contributed by atoms with Crippen LogP contribution < -0.4 is 5.32 Å². The molecule has 2 aliphatic rings. The Morgan fingerprint density at radius 2 is 2.00 bits per heavy atom. The Balaban J connectivity index is 1.68. The minimum absolute atomic E-state index is 0.723. The second-order valence-electron chi connectivity index (χ2n) is 4.31. The van der Waals surface area contributed by atoms with Crippen LogP contribution in [0.3, 0.4) is 0 Å². The van der Waals surface area contributed by atoms with Gasteiger partial charge in [0.15, 0.2) is 0 Å². The Hall–Kier alpha value is -0.570. The molecule has 0 unspecified atom stereocenters. The molecule has 0 radical (unpaired) electrons. The molecule has 14 heavy (non-hydrogen) atoms. The van der Waals surface area contributed by atoms with E-state index < -0.39 is 0 Å². The number of nitrogens with zero attached hydrogens (tertiary/aromatic N) is 1. The quantitative estimate of drug-likeness (QED) is 0.701. The lowest BCUT2D eigenvalue weighted by Crippen LogP contribution is -2.32. The number of nitrogens with one attached hydrogen (secondary N) is 1. The van der Waals surface area contributed by atoms with Crippen molar-refractivity contribution in [2.75, 3.05) is 13.2 Å². The highest BCUT2D eigenvalue weighted by molar-refractivity contribution is 5.86. The molecule has 1 fully saturated rings. The number of hydrogen-bond donors (Lipinski definition) is 1. The molecule has 3 nitrogen and oxygen atoms in total. The van der Waals surface area contributed by atoms with Crippen LogP contribution in [0, 0.1) is 0 Å². The molecule has 3 heteroatoms. The van der Waals surface area contributed by atoms with Gasteiger partial charge in [-0.15, -0.1) is 0 Å². The van der Waals surface area contributed by atoms with E-state index in [0.29, 0.717) is 0 Å². The van der Waals surface area contributed by atoms with Crippen molar-refractivity contribution in [2.24, 2.45) is 5.16 Å². The van der Waals surface area contributed by atoms with Gasteiger partial charge in [-0.2, -0.15) is 0 Å².